The van der Waals surface area contributed by atoms with E-state index in [0.29, 0.717) is 6.42 Å². The van der Waals surface area contributed by atoms with Crippen LogP contribution in [-0.2, 0) is 16.5 Å². The third-order valence-corrected chi connectivity index (χ3v) is 3.78. The highest BCUT2D eigenvalue weighted by Crippen LogP contribution is 2.10. The minimum atomic E-state index is -4.20. The zero-order chi connectivity index (χ0) is 13.6. The Morgan fingerprint density at radius 2 is 1.72 bits per heavy atom. The first-order valence-electron chi connectivity index (χ1n) is 5.83. The fourth-order valence-corrected chi connectivity index (χ4v) is 2.06. The van der Waals surface area contributed by atoms with Crippen LogP contribution in [-0.4, -0.2) is 29.6 Å². The summed E-state index contributed by atoms with van der Waals surface area (Å²) in [5, 5.41) is 8.38. The van der Waals surface area contributed by atoms with Gasteiger partial charge in [-0.1, -0.05) is 30.3 Å². The summed E-state index contributed by atoms with van der Waals surface area (Å²) in [6.07, 6.45) is 0.964. The summed E-state index contributed by atoms with van der Waals surface area (Å²) in [5.74, 6) is 0. The molecule has 4 N–H and O–H groups in total. The first-order valence-corrected chi connectivity index (χ1v) is 7.34. The highest BCUT2D eigenvalue weighted by Gasteiger charge is 2.18. The number of rotatable bonds is 7. The number of aryl methyl sites for hydroxylation is 1. The molecule has 18 heavy (non-hydrogen) atoms. The molecular weight excluding hydrogens is 254 g/mol. The lowest BCUT2D eigenvalue weighted by Crippen LogP contribution is -2.31. The van der Waals surface area contributed by atoms with Gasteiger partial charge in [0.05, 0.1) is 6.10 Å². The number of aliphatic hydroxyl groups is 1. The van der Waals surface area contributed by atoms with Crippen LogP contribution in [0.1, 0.15) is 24.8 Å². The molecule has 1 aromatic rings. The van der Waals surface area contributed by atoms with Gasteiger partial charge >= 0.3 is 0 Å². The Hall–Kier alpha value is -0.950. The van der Waals surface area contributed by atoms with Gasteiger partial charge in [0.15, 0.2) is 0 Å². The molecule has 0 amide bonds. The fraction of sp³-hybridized carbons (Fsp3) is 0.500. The van der Waals surface area contributed by atoms with Gasteiger partial charge in [-0.3, -0.25) is 4.55 Å². The summed E-state index contributed by atoms with van der Waals surface area (Å²) in [5.41, 5.74) is 6.38. The van der Waals surface area contributed by atoms with E-state index in [9.17, 15) is 13.5 Å². The lowest BCUT2D eigenvalue weighted by atomic mass is 10.0. The fourth-order valence-electron chi connectivity index (χ4n) is 1.63. The third-order valence-electron chi connectivity index (χ3n) is 2.78. The number of aliphatic hydroxyl groups excluding tert-OH is 1. The summed E-state index contributed by atoms with van der Waals surface area (Å²) >= 11 is 0. The van der Waals surface area contributed by atoms with Gasteiger partial charge in [0.1, 0.15) is 5.37 Å². The van der Waals surface area contributed by atoms with Crippen LogP contribution in [0.2, 0.25) is 0 Å². The first kappa shape index (κ1) is 15.1. The number of hydrogen-bond acceptors (Lipinski definition) is 4. The Labute approximate surface area is 107 Å². The van der Waals surface area contributed by atoms with Crippen LogP contribution < -0.4 is 5.73 Å². The molecule has 102 valence electrons. The normalized spacial score (nSPS) is 15.3. The maximum absolute atomic E-state index is 10.7. The molecule has 0 fully saturated rings. The molecule has 6 heteroatoms. The summed E-state index contributed by atoms with van der Waals surface area (Å²) in [6, 6.07) is 9.71. The van der Waals surface area contributed by atoms with Gasteiger partial charge in [0.25, 0.3) is 10.1 Å². The van der Waals surface area contributed by atoms with Crippen molar-refractivity contribution in [3.8, 4) is 0 Å². The van der Waals surface area contributed by atoms with Crippen LogP contribution in [0.4, 0.5) is 0 Å². The second kappa shape index (κ2) is 6.84. The van der Waals surface area contributed by atoms with Gasteiger partial charge in [0, 0.05) is 0 Å². The molecule has 1 aromatic carbocycles. The van der Waals surface area contributed by atoms with E-state index < -0.39 is 21.6 Å². The molecule has 0 aromatic heterocycles. The standard InChI is InChI=1S/C12H19NO4S/c13-12(18(15,16)17)9-8-11(14)7-6-10-4-2-1-3-5-10/h1-5,11-12,14H,6-9,13H2,(H,15,16,17)/t11-,12?/m1/s1. The van der Waals surface area contributed by atoms with E-state index in [4.69, 9.17) is 10.3 Å². The second-order valence-electron chi connectivity index (χ2n) is 4.31. The molecule has 0 heterocycles. The van der Waals surface area contributed by atoms with E-state index in [2.05, 4.69) is 0 Å². The molecule has 0 bridgehead atoms. The van der Waals surface area contributed by atoms with Gasteiger partial charge in [-0.15, -0.1) is 0 Å². The highest BCUT2D eigenvalue weighted by atomic mass is 32.2. The number of nitrogens with two attached hydrogens (primary N) is 1. The third kappa shape index (κ3) is 5.59. The van der Waals surface area contributed by atoms with E-state index in [1.54, 1.807) is 0 Å². The summed E-state index contributed by atoms with van der Waals surface area (Å²) in [4.78, 5) is 0. The predicted molar refractivity (Wildman–Crippen MR) is 69.5 cm³/mol. The minimum Gasteiger partial charge on any atom is -0.393 e. The molecule has 0 aliphatic heterocycles. The topological polar surface area (TPSA) is 101 Å². The summed E-state index contributed by atoms with van der Waals surface area (Å²) in [7, 11) is -4.20. The monoisotopic (exact) mass is 273 g/mol. The maximum atomic E-state index is 10.7. The van der Waals surface area contributed by atoms with Crippen molar-refractivity contribution in [2.24, 2.45) is 5.73 Å². The van der Waals surface area contributed by atoms with E-state index in [1.165, 1.54) is 0 Å². The number of benzene rings is 1. The van der Waals surface area contributed by atoms with Gasteiger partial charge in [-0.2, -0.15) is 8.42 Å². The average Bonchev–Trinajstić information content (AvgIpc) is 2.33. The summed E-state index contributed by atoms with van der Waals surface area (Å²) in [6.45, 7) is 0. The zero-order valence-electron chi connectivity index (χ0n) is 10.1. The average molecular weight is 273 g/mol. The molecule has 0 aliphatic carbocycles. The predicted octanol–water partition coefficient (Wildman–Crippen LogP) is 0.933. The molecule has 1 unspecified atom stereocenters. The Morgan fingerprint density at radius 3 is 2.28 bits per heavy atom. The van der Waals surface area contributed by atoms with Crippen molar-refractivity contribution in [3.63, 3.8) is 0 Å². The van der Waals surface area contributed by atoms with Crippen molar-refractivity contribution in [2.75, 3.05) is 0 Å². The number of hydrogen-bond donors (Lipinski definition) is 3. The molecule has 0 aliphatic rings. The smallest absolute Gasteiger partial charge is 0.280 e. The molecule has 0 saturated heterocycles. The van der Waals surface area contributed by atoms with E-state index in [0.717, 1.165) is 12.0 Å². The Bertz CT molecular complexity index is 446. The minimum absolute atomic E-state index is 0.0504. The van der Waals surface area contributed by atoms with Gasteiger partial charge < -0.3 is 10.8 Å². The molecule has 1 rings (SSSR count). The van der Waals surface area contributed by atoms with Crippen molar-refractivity contribution in [1.82, 2.24) is 0 Å². The van der Waals surface area contributed by atoms with Crippen LogP contribution in [0, 0.1) is 0 Å². The summed E-state index contributed by atoms with van der Waals surface area (Å²) < 4.78 is 30.0. The molecular formula is C12H19NO4S. The molecule has 2 atom stereocenters. The second-order valence-corrected chi connectivity index (χ2v) is 5.94. The molecule has 0 saturated carbocycles. The van der Waals surface area contributed by atoms with Crippen LogP contribution in [0.15, 0.2) is 30.3 Å². The molecule has 0 radical (unpaired) electrons. The zero-order valence-corrected chi connectivity index (χ0v) is 10.9. The molecule has 0 spiro atoms. The van der Waals surface area contributed by atoms with Crippen molar-refractivity contribution in [2.45, 2.75) is 37.2 Å². The largest absolute Gasteiger partial charge is 0.393 e. The Morgan fingerprint density at radius 1 is 1.11 bits per heavy atom. The lowest BCUT2D eigenvalue weighted by molar-refractivity contribution is 0.151. The van der Waals surface area contributed by atoms with Crippen LogP contribution >= 0.6 is 0 Å². The Balaban J connectivity index is 2.28. The Kier molecular flexibility index (Phi) is 5.74. The maximum Gasteiger partial charge on any atom is 0.280 e. The van der Waals surface area contributed by atoms with Gasteiger partial charge in [-0.05, 0) is 31.2 Å². The molecule has 5 nitrogen and oxygen atoms in total. The van der Waals surface area contributed by atoms with Gasteiger partial charge in [-0.25, -0.2) is 0 Å². The van der Waals surface area contributed by atoms with E-state index >= 15 is 0 Å². The van der Waals surface area contributed by atoms with Crippen molar-refractivity contribution in [1.29, 1.82) is 0 Å². The van der Waals surface area contributed by atoms with Crippen LogP contribution in [0.3, 0.4) is 0 Å². The lowest BCUT2D eigenvalue weighted by Gasteiger charge is -2.13. The van der Waals surface area contributed by atoms with Crippen molar-refractivity contribution >= 4 is 10.1 Å². The van der Waals surface area contributed by atoms with Crippen LogP contribution in [0.5, 0.6) is 0 Å². The van der Waals surface area contributed by atoms with E-state index in [1.807, 2.05) is 30.3 Å². The van der Waals surface area contributed by atoms with E-state index in [-0.39, 0.29) is 12.8 Å². The quantitative estimate of drug-likeness (QED) is 0.642. The SMILES string of the molecule is NC(CC[C@H](O)CCc1ccccc1)S(=O)(=O)O. The van der Waals surface area contributed by atoms with Crippen molar-refractivity contribution < 1.29 is 18.1 Å². The van der Waals surface area contributed by atoms with Crippen LogP contribution in [0.25, 0.3) is 0 Å². The highest BCUT2D eigenvalue weighted by molar-refractivity contribution is 7.86. The van der Waals surface area contributed by atoms with Gasteiger partial charge in [0.2, 0.25) is 0 Å². The first-order chi connectivity index (χ1) is 8.39. The van der Waals surface area contributed by atoms with Crippen molar-refractivity contribution in [3.05, 3.63) is 35.9 Å².